The molecule has 712 valence electrons. The zero-order chi connectivity index (χ0) is 86.8. The van der Waals surface area contributed by atoms with E-state index in [4.69, 9.17) is 0 Å². The quantitative estimate of drug-likeness (QED) is 0.168. The first kappa shape index (κ1) is 80.1. The van der Waals surface area contributed by atoms with Crippen LogP contribution in [0.25, 0.3) is 0 Å². The molecule has 136 heavy (non-hydrogen) atoms. The van der Waals surface area contributed by atoms with Crippen molar-refractivity contribution in [3.63, 3.8) is 0 Å². The third-order valence-electron chi connectivity index (χ3n) is 58.7. The summed E-state index contributed by atoms with van der Waals surface area (Å²) in [5, 5.41) is 0. The van der Waals surface area contributed by atoms with Gasteiger partial charge in [-0.3, -0.25) is 0 Å². The van der Waals surface area contributed by atoms with Gasteiger partial charge in [0, 0.05) is 0 Å². The molecule has 0 heteroatoms. The predicted octanol–water partition coefficient (Wildman–Crippen LogP) is 30.2. The fourth-order valence-electron chi connectivity index (χ4n) is 55.6. The minimum Gasteiger partial charge on any atom is -0.0848 e. The molecule has 0 spiro atoms. The second-order valence-corrected chi connectivity index (χ2v) is 60.5. The second kappa shape index (κ2) is 29.0. The first-order chi connectivity index (χ1) is 67.3. The van der Waals surface area contributed by atoms with Crippen molar-refractivity contribution in [2.75, 3.05) is 0 Å². The highest BCUT2D eigenvalue weighted by Crippen LogP contribution is 2.85. The first-order valence-electron chi connectivity index (χ1n) is 62.2. The summed E-state index contributed by atoms with van der Waals surface area (Å²) >= 11 is 0. The van der Waals surface area contributed by atoms with Crippen molar-refractivity contribution in [2.45, 2.75) is 205 Å². The molecule has 27 fully saturated rings. The van der Waals surface area contributed by atoms with Gasteiger partial charge in [-0.2, -0.15) is 0 Å². The van der Waals surface area contributed by atoms with Crippen LogP contribution in [0.3, 0.4) is 0 Å². The lowest BCUT2D eigenvalue weighted by Crippen LogP contribution is -2.59. The monoisotopic (exact) mass is 1800 g/mol. The number of hydrogen-bond donors (Lipinski definition) is 0. The molecule has 0 aromatic rings. The van der Waals surface area contributed by atoms with Crippen LogP contribution in [0.5, 0.6) is 0 Å². The molecule has 56 atom stereocenters. The Balaban J connectivity index is 0.0000000675. The predicted molar refractivity (Wildman–Crippen MR) is 545 cm³/mol. The number of rotatable bonds is 0. The molecule has 0 aliphatic heterocycles. The molecular formula is C136H168. The van der Waals surface area contributed by atoms with Gasteiger partial charge >= 0.3 is 0 Å². The van der Waals surface area contributed by atoms with E-state index in [9.17, 15) is 0 Å². The molecule has 0 aromatic heterocycles. The average molecular weight is 1800 g/mol. The maximum atomic E-state index is 2.65. The highest BCUT2D eigenvalue weighted by atomic mass is 14.8. The van der Waals surface area contributed by atoms with Gasteiger partial charge < -0.3 is 0 Å². The highest BCUT2D eigenvalue weighted by Gasteiger charge is 2.80. The average Bonchev–Trinajstić information content (AvgIpc) is 1.46. The van der Waals surface area contributed by atoms with Gasteiger partial charge in [-0.1, -0.05) is 194 Å². The van der Waals surface area contributed by atoms with Crippen LogP contribution in [-0.2, 0) is 0 Å². The van der Waals surface area contributed by atoms with Gasteiger partial charge in [0.05, 0.1) is 0 Å². The van der Waals surface area contributed by atoms with Crippen LogP contribution in [0.4, 0.5) is 0 Å². The minimum absolute atomic E-state index is 0.950. The third kappa shape index (κ3) is 10.7. The molecule has 27 saturated carbocycles. The van der Waals surface area contributed by atoms with Gasteiger partial charge in [-0.15, -0.1) is 0 Å². The van der Waals surface area contributed by atoms with E-state index in [0.717, 1.165) is 379 Å². The summed E-state index contributed by atoms with van der Waals surface area (Å²) in [6.45, 7) is 0. The first-order valence-corrected chi connectivity index (χ1v) is 62.2. The third-order valence-corrected chi connectivity index (χ3v) is 58.7. The van der Waals surface area contributed by atoms with Gasteiger partial charge in [-0.05, 0) is 632 Å². The Kier molecular flexibility index (Phi) is 17.1. The van der Waals surface area contributed by atoms with Crippen LogP contribution in [0.2, 0.25) is 0 Å². The normalized spacial score (nSPS) is 66.6. The van der Waals surface area contributed by atoms with Crippen molar-refractivity contribution in [3.05, 3.63) is 194 Å². The Morgan fingerprint density at radius 3 is 0.338 bits per heavy atom. The SMILES string of the molecule is C1=CC2CC1C1C2C2C3C=CC(C3)C12.C1=CC2CC1C1C3CC(C21)C1C3C2C3CC(C4C5C=CC(C5)C34)C12.C1=CC2CC1C1CC3C4C=CC(C4)C3C21.C1=CC2CC1C1CC3C4C=CC(C4)C3C3C4C=CC(C4)C3C21.C1=CC2CC1C1CC3C4C=CC(C4)C3CC21.C1=CC2CC1C1CCC3C4C=CC(C4)C3CCC21.C1=CC2CC1C1CCC3C4C=CC(C4)C3CCC3C4C=CC(C4)C3CCC21. The van der Waals surface area contributed by atoms with Crippen LogP contribution in [0.15, 0.2) is 194 Å². The maximum absolute atomic E-state index is 2.65. The summed E-state index contributed by atoms with van der Waals surface area (Å²) in [4.78, 5) is 0. The molecule has 0 saturated heterocycles. The minimum atomic E-state index is 0.950. The summed E-state index contributed by atoms with van der Waals surface area (Å²) in [5.74, 6) is 75.6. The van der Waals surface area contributed by atoms with Crippen LogP contribution in [0, 0.1) is 426 Å². The Labute approximate surface area is 820 Å². The van der Waals surface area contributed by atoms with Crippen LogP contribution < -0.4 is 0 Å². The van der Waals surface area contributed by atoms with E-state index in [0.29, 0.717) is 0 Å². The highest BCUT2D eigenvalue weighted by molar-refractivity contribution is 5.37. The summed E-state index contributed by atoms with van der Waals surface area (Å²) in [5.41, 5.74) is 0. The van der Waals surface area contributed by atoms with Gasteiger partial charge in [0.25, 0.3) is 0 Å². The molecule has 56 unspecified atom stereocenters. The lowest BCUT2D eigenvalue weighted by Gasteiger charge is -2.62. The Morgan fingerprint density at radius 1 is 0.0662 bits per heavy atom. The zero-order valence-electron chi connectivity index (χ0n) is 82.7. The van der Waals surface area contributed by atoms with Gasteiger partial charge in [0.15, 0.2) is 0 Å². The Hall–Kier alpha value is -4.16. The molecule has 0 radical (unpaired) electrons. The van der Waals surface area contributed by atoms with E-state index in [-0.39, 0.29) is 0 Å². The molecular weight excluding hydrogens is 1630 g/mol. The topological polar surface area (TPSA) is 0 Å². The van der Waals surface area contributed by atoms with Crippen molar-refractivity contribution in [1.29, 1.82) is 0 Å². The van der Waals surface area contributed by atoms with Gasteiger partial charge in [0.1, 0.15) is 0 Å². The number of allylic oxidation sites excluding steroid dienone is 32. The smallest absolute Gasteiger partial charge is 0.0193 e. The second-order valence-electron chi connectivity index (χ2n) is 60.5. The summed E-state index contributed by atoms with van der Waals surface area (Å²) in [7, 11) is 0. The number of hydrogen-bond acceptors (Lipinski definition) is 0. The van der Waals surface area contributed by atoms with Gasteiger partial charge in [0.2, 0.25) is 0 Å². The van der Waals surface area contributed by atoms with Crippen LogP contribution >= 0.6 is 0 Å². The van der Waals surface area contributed by atoms with E-state index >= 15 is 0 Å². The lowest BCUT2D eigenvalue weighted by molar-refractivity contribution is -0.151. The summed E-state index contributed by atoms with van der Waals surface area (Å²) in [6, 6.07) is 0. The Morgan fingerprint density at radius 2 is 0.162 bits per heavy atom. The molecule has 36 bridgehead atoms. The largest absolute Gasteiger partial charge is 0.0848 e. The molecule has 43 rings (SSSR count). The van der Waals surface area contributed by atoms with E-state index in [1.54, 1.807) is 116 Å². The van der Waals surface area contributed by atoms with E-state index in [2.05, 4.69) is 194 Å². The molecule has 0 nitrogen and oxygen atoms in total. The molecule has 0 aromatic carbocycles. The van der Waals surface area contributed by atoms with Gasteiger partial charge in [-0.25, -0.2) is 0 Å². The summed E-state index contributed by atoms with van der Waals surface area (Å²) < 4.78 is 0. The van der Waals surface area contributed by atoms with E-state index in [1.807, 2.05) is 0 Å². The van der Waals surface area contributed by atoms with Crippen LogP contribution in [0.1, 0.15) is 205 Å². The summed E-state index contributed by atoms with van der Waals surface area (Å²) in [6.07, 6.45) is 132. The van der Waals surface area contributed by atoms with E-state index in [1.165, 1.54) is 137 Å². The Bertz CT molecular complexity index is 4830. The molecule has 43 aliphatic rings. The molecule has 0 heterocycles. The standard InChI is InChI=1S/C27H36.C24H28.C22H26.C18H24.C16H20.C15H18.C14H16/c1-2-17-13-16(1)22-7-8-24-18-3-4-20(14-18)26(24)11-12-27-21-6-5-19(15-21)25(27)10-9-23(17)22;1-2-10-5-9(1)17-13-7-14(18(10)17)22-21(13)23-15-8-16(24(22)23)20-12-4-3-11(6-12)19(15)20;1-3-13-7-11(1)17-10-18-12-2-4-14(8-12)20(18)22-16-6-5-15(9-16)21(22)19(13)17;1-2-12-9-11(1)15-5-6-17-13-3-4-14(10-13)18(17)8-7-16(12)15;1-2-10-5-9(1)13-7-15-11-3-4-12(6-11)16(15)8-14(10)13;1-3-10-5-8(1)12-7-13-9-2-4-11(6-9)15(13)14(10)12;1-2-8-5-7(1)11-12(8)14-10-4-3-9(6-10)13(11)14/h1-6,16-27H,7-15H2;1-4,9-24H,5-8H2;1-6,11-22H,7-10H2;1-4,11-18H,5-10H2;1-4,9-16H,5-8H2;1-4,8-15H,5-7H2;1-4,7-14H,5-6H2. The van der Waals surface area contributed by atoms with Crippen molar-refractivity contribution in [1.82, 2.24) is 0 Å². The van der Waals surface area contributed by atoms with E-state index < -0.39 is 0 Å². The van der Waals surface area contributed by atoms with Crippen molar-refractivity contribution in [2.24, 2.45) is 426 Å². The van der Waals surface area contributed by atoms with Crippen LogP contribution in [-0.4, -0.2) is 0 Å². The molecule has 0 amide bonds. The van der Waals surface area contributed by atoms with Crippen molar-refractivity contribution >= 4 is 0 Å². The fourth-order valence-corrected chi connectivity index (χ4v) is 55.6. The maximum Gasteiger partial charge on any atom is -0.0193 e. The zero-order valence-corrected chi connectivity index (χ0v) is 82.7. The molecule has 43 aliphatic carbocycles. The fraction of sp³-hybridized carbons (Fsp3) is 0.765. The lowest BCUT2D eigenvalue weighted by atomic mass is 9.42. The van der Waals surface area contributed by atoms with Crippen molar-refractivity contribution < 1.29 is 0 Å². The number of fused-ring (bicyclic) bond motifs is 101. The molecule has 0 N–H and O–H groups in total. The van der Waals surface area contributed by atoms with Crippen molar-refractivity contribution in [3.8, 4) is 0 Å².